The van der Waals surface area contributed by atoms with Crippen LogP contribution in [0.3, 0.4) is 0 Å². The number of sulfonamides is 1. The minimum Gasteiger partial charge on any atom is -0.380 e. The van der Waals surface area contributed by atoms with Crippen LogP contribution in [-0.4, -0.2) is 57.9 Å². The summed E-state index contributed by atoms with van der Waals surface area (Å²) in [6.07, 6.45) is 0.408. The van der Waals surface area contributed by atoms with Crippen LogP contribution >= 0.6 is 11.3 Å². The van der Waals surface area contributed by atoms with E-state index >= 15 is 0 Å². The molecule has 1 aromatic heterocycles. The van der Waals surface area contributed by atoms with E-state index in [1.807, 2.05) is 18.2 Å². The van der Waals surface area contributed by atoms with E-state index in [0.29, 0.717) is 18.4 Å². The lowest BCUT2D eigenvalue weighted by Gasteiger charge is -2.42. The minimum absolute atomic E-state index is 0.00993. The molecule has 2 aromatic rings. The summed E-state index contributed by atoms with van der Waals surface area (Å²) in [6, 6.07) is 6.82. The van der Waals surface area contributed by atoms with Gasteiger partial charge in [0.1, 0.15) is 10.1 Å². The van der Waals surface area contributed by atoms with Crippen LogP contribution in [0.5, 0.6) is 0 Å². The van der Waals surface area contributed by atoms with Crippen LogP contribution in [0.15, 0.2) is 34.5 Å². The second kappa shape index (κ2) is 5.77. The molecule has 4 rings (SSSR count). The Bertz CT molecular complexity index is 979. The lowest BCUT2D eigenvalue weighted by Crippen LogP contribution is -2.59. The Hall–Kier alpha value is -1.00. The van der Waals surface area contributed by atoms with Crippen LogP contribution in [0.2, 0.25) is 0 Å². The number of ether oxygens (including phenoxy) is 1. The third kappa shape index (κ3) is 2.50. The standard InChI is InChI=1S/C15H17NO5S3/c17-23(18)8-6-16(12-5-7-21-9-14(12)23)24(19,20)15-10-22-13-4-2-1-3-11(13)15/h1-4,10,12,14H,5-9H2/t12-,14+/m0/s1. The summed E-state index contributed by atoms with van der Waals surface area (Å²) in [4.78, 5) is 0.271. The smallest absolute Gasteiger partial charge is 0.244 e. The maximum Gasteiger partial charge on any atom is 0.244 e. The average molecular weight is 388 g/mol. The number of sulfone groups is 1. The van der Waals surface area contributed by atoms with Gasteiger partial charge in [0.05, 0.1) is 12.4 Å². The Morgan fingerprint density at radius 2 is 2.04 bits per heavy atom. The Balaban J connectivity index is 1.79. The van der Waals surface area contributed by atoms with E-state index in [2.05, 4.69) is 0 Å². The molecule has 0 unspecified atom stereocenters. The van der Waals surface area contributed by atoms with Crippen molar-refractivity contribution in [3.8, 4) is 0 Å². The molecule has 2 fully saturated rings. The molecule has 24 heavy (non-hydrogen) atoms. The molecule has 6 nitrogen and oxygen atoms in total. The van der Waals surface area contributed by atoms with Gasteiger partial charge in [0.25, 0.3) is 0 Å². The quantitative estimate of drug-likeness (QED) is 0.780. The van der Waals surface area contributed by atoms with Gasteiger partial charge >= 0.3 is 0 Å². The summed E-state index contributed by atoms with van der Waals surface area (Å²) in [7, 11) is -7.06. The van der Waals surface area contributed by atoms with Gasteiger partial charge in [-0.2, -0.15) is 4.31 Å². The molecule has 0 spiro atoms. The van der Waals surface area contributed by atoms with E-state index in [9.17, 15) is 16.8 Å². The summed E-state index contributed by atoms with van der Waals surface area (Å²) in [5.74, 6) is -0.154. The van der Waals surface area contributed by atoms with Gasteiger partial charge < -0.3 is 4.74 Å². The summed E-state index contributed by atoms with van der Waals surface area (Å²) in [6.45, 7) is 0.465. The number of fused-ring (bicyclic) bond motifs is 2. The van der Waals surface area contributed by atoms with Crippen molar-refractivity contribution in [1.82, 2.24) is 4.31 Å². The van der Waals surface area contributed by atoms with E-state index in [1.54, 1.807) is 11.4 Å². The van der Waals surface area contributed by atoms with Crippen molar-refractivity contribution < 1.29 is 21.6 Å². The van der Waals surface area contributed by atoms with Crippen LogP contribution in [0, 0.1) is 0 Å². The number of hydrogen-bond donors (Lipinski definition) is 0. The van der Waals surface area contributed by atoms with E-state index in [0.717, 1.165) is 4.70 Å². The number of rotatable bonds is 2. The highest BCUT2D eigenvalue weighted by Crippen LogP contribution is 2.35. The molecule has 0 radical (unpaired) electrons. The second-order valence-electron chi connectivity index (χ2n) is 6.05. The fourth-order valence-electron chi connectivity index (χ4n) is 3.49. The highest BCUT2D eigenvalue weighted by Gasteiger charge is 2.48. The van der Waals surface area contributed by atoms with Crippen molar-refractivity contribution in [2.45, 2.75) is 22.6 Å². The van der Waals surface area contributed by atoms with E-state index in [1.165, 1.54) is 15.6 Å². The number of benzene rings is 1. The Morgan fingerprint density at radius 1 is 1.25 bits per heavy atom. The summed E-state index contributed by atoms with van der Waals surface area (Å²) >= 11 is 1.39. The van der Waals surface area contributed by atoms with Gasteiger partial charge in [-0.15, -0.1) is 11.3 Å². The van der Waals surface area contributed by atoms with Gasteiger partial charge in [-0.05, 0) is 12.5 Å². The van der Waals surface area contributed by atoms with Crippen molar-refractivity contribution in [2.75, 3.05) is 25.5 Å². The van der Waals surface area contributed by atoms with Gasteiger partial charge in [0.15, 0.2) is 9.84 Å². The molecule has 3 heterocycles. The Labute approximate surface area is 145 Å². The Morgan fingerprint density at radius 3 is 2.88 bits per heavy atom. The van der Waals surface area contributed by atoms with Crippen molar-refractivity contribution in [3.63, 3.8) is 0 Å². The molecular formula is C15H17NO5S3. The van der Waals surface area contributed by atoms with Crippen molar-refractivity contribution in [1.29, 1.82) is 0 Å². The van der Waals surface area contributed by atoms with Gasteiger partial charge in [-0.3, -0.25) is 0 Å². The molecule has 2 atom stereocenters. The van der Waals surface area contributed by atoms with Crippen molar-refractivity contribution >= 4 is 41.3 Å². The number of nitrogens with zero attached hydrogens (tertiary/aromatic N) is 1. The van der Waals surface area contributed by atoms with Crippen LogP contribution in [0.4, 0.5) is 0 Å². The summed E-state index contributed by atoms with van der Waals surface area (Å²) in [5, 5.41) is 1.58. The second-order valence-corrected chi connectivity index (χ2v) is 11.2. The van der Waals surface area contributed by atoms with E-state index in [4.69, 9.17) is 4.74 Å². The van der Waals surface area contributed by atoms with Gasteiger partial charge in [0.2, 0.25) is 10.0 Å². The minimum atomic E-state index is -3.74. The molecule has 0 saturated carbocycles. The fraction of sp³-hybridized carbons (Fsp3) is 0.467. The third-order valence-corrected chi connectivity index (χ3v) is 9.93. The third-order valence-electron chi connectivity index (χ3n) is 4.73. The monoisotopic (exact) mass is 387 g/mol. The molecule has 0 bridgehead atoms. The van der Waals surface area contributed by atoms with Crippen LogP contribution in [-0.2, 0) is 24.6 Å². The first-order valence-electron chi connectivity index (χ1n) is 7.69. The van der Waals surface area contributed by atoms with Gasteiger partial charge in [0, 0.05) is 34.7 Å². The first-order valence-corrected chi connectivity index (χ1v) is 11.7. The lowest BCUT2D eigenvalue weighted by molar-refractivity contribution is 0.0590. The molecule has 1 aromatic carbocycles. The molecule has 2 aliphatic heterocycles. The first kappa shape index (κ1) is 16.5. The Kier molecular flexibility index (Phi) is 3.96. The summed E-state index contributed by atoms with van der Waals surface area (Å²) in [5.41, 5.74) is 0. The zero-order valence-corrected chi connectivity index (χ0v) is 15.2. The average Bonchev–Trinajstić information content (AvgIpc) is 2.99. The molecule has 9 heteroatoms. The predicted octanol–water partition coefficient (Wildman–Crippen LogP) is 1.48. The maximum absolute atomic E-state index is 13.2. The highest BCUT2D eigenvalue weighted by atomic mass is 32.2. The highest BCUT2D eigenvalue weighted by molar-refractivity contribution is 7.92. The molecule has 0 aliphatic carbocycles. The predicted molar refractivity (Wildman–Crippen MR) is 92.5 cm³/mol. The van der Waals surface area contributed by atoms with E-state index in [-0.39, 0.29) is 23.8 Å². The van der Waals surface area contributed by atoms with E-state index < -0.39 is 31.2 Å². The first-order chi connectivity index (χ1) is 11.4. The normalized spacial score (nSPS) is 27.8. The zero-order chi connectivity index (χ0) is 16.9. The molecule has 130 valence electrons. The molecular weight excluding hydrogens is 370 g/mol. The van der Waals surface area contributed by atoms with Crippen molar-refractivity contribution in [3.05, 3.63) is 29.6 Å². The van der Waals surface area contributed by atoms with Crippen LogP contribution in [0.25, 0.3) is 10.1 Å². The van der Waals surface area contributed by atoms with Gasteiger partial charge in [-0.25, -0.2) is 16.8 Å². The molecule has 0 N–H and O–H groups in total. The van der Waals surface area contributed by atoms with Crippen molar-refractivity contribution in [2.24, 2.45) is 0 Å². The topological polar surface area (TPSA) is 80.8 Å². The number of hydrogen-bond acceptors (Lipinski definition) is 6. The van der Waals surface area contributed by atoms with Gasteiger partial charge in [-0.1, -0.05) is 18.2 Å². The lowest BCUT2D eigenvalue weighted by atomic mass is 10.1. The SMILES string of the molecule is O=S1(=O)CCN(S(=O)(=O)c2csc3ccccc23)[C@H]2CCOC[C@H]21. The maximum atomic E-state index is 13.2. The zero-order valence-electron chi connectivity index (χ0n) is 12.8. The summed E-state index contributed by atoms with van der Waals surface area (Å²) < 4.78 is 58.6. The van der Waals surface area contributed by atoms with Crippen LogP contribution in [0.1, 0.15) is 6.42 Å². The molecule has 2 saturated heterocycles. The fourth-order valence-corrected chi connectivity index (χ4v) is 8.66. The molecule has 2 aliphatic rings. The van der Waals surface area contributed by atoms with Crippen LogP contribution < -0.4 is 0 Å². The molecule has 0 amide bonds. The number of thiophene rings is 1. The largest absolute Gasteiger partial charge is 0.380 e.